The lowest BCUT2D eigenvalue weighted by Crippen LogP contribution is -2.43. The second-order valence-electron chi connectivity index (χ2n) is 6.34. The summed E-state index contributed by atoms with van der Waals surface area (Å²) >= 11 is 0. The number of ketones is 1. The van der Waals surface area contributed by atoms with E-state index in [0.29, 0.717) is 0 Å². The minimum Gasteiger partial charge on any atom is -0.454 e. The highest BCUT2D eigenvalue weighted by atomic mass is 16.5. The summed E-state index contributed by atoms with van der Waals surface area (Å²) in [6.07, 6.45) is 0. The van der Waals surface area contributed by atoms with Gasteiger partial charge in [0.2, 0.25) is 5.78 Å². The normalized spacial score (nSPS) is 10.5. The predicted molar refractivity (Wildman–Crippen MR) is 107 cm³/mol. The number of carbonyl (C=O) groups is 2. The predicted octanol–water partition coefficient (Wildman–Crippen LogP) is 1.22. The third-order valence-corrected chi connectivity index (χ3v) is 4.39. The Morgan fingerprint density at radius 3 is 2.17 bits per heavy atom. The first-order valence-corrected chi connectivity index (χ1v) is 8.78. The Bertz CT molecular complexity index is 1160. The third kappa shape index (κ3) is 4.16. The molecule has 0 aliphatic carbocycles. The molecule has 0 radical (unpaired) electrons. The molecule has 0 aliphatic rings. The van der Waals surface area contributed by atoms with E-state index in [9.17, 15) is 19.2 Å². The largest absolute Gasteiger partial charge is 0.454 e. The summed E-state index contributed by atoms with van der Waals surface area (Å²) in [6.45, 7) is -0.583. The molecular weight excluding hydrogens is 374 g/mol. The molecule has 8 nitrogen and oxygen atoms in total. The van der Waals surface area contributed by atoms with Crippen LogP contribution in [0.25, 0.3) is 0 Å². The molecule has 0 unspecified atom stereocenters. The number of benzene rings is 2. The third-order valence-electron chi connectivity index (χ3n) is 4.39. The summed E-state index contributed by atoms with van der Waals surface area (Å²) in [5, 5.41) is 0. The zero-order chi connectivity index (χ0) is 21.0. The average Bonchev–Trinajstić information content (AvgIpc) is 2.75. The number of Topliss-reactive ketones (excluding diaryl/α,β-unsaturated/α-hetero) is 1. The Hall–Kier alpha value is -3.94. The van der Waals surface area contributed by atoms with Gasteiger partial charge in [-0.3, -0.25) is 18.7 Å². The molecule has 0 atom stereocenters. The van der Waals surface area contributed by atoms with Gasteiger partial charge in [-0.1, -0.05) is 48.5 Å². The first kappa shape index (κ1) is 19.8. The number of nitrogen functional groups attached to an aromatic ring is 1. The van der Waals surface area contributed by atoms with Crippen molar-refractivity contribution in [3.05, 3.63) is 98.2 Å². The van der Waals surface area contributed by atoms with E-state index in [4.69, 9.17) is 10.5 Å². The number of ether oxygens (including phenoxy) is 1. The monoisotopic (exact) mass is 393 g/mol. The van der Waals surface area contributed by atoms with Crippen LogP contribution in [0.3, 0.4) is 0 Å². The number of hydrogen-bond acceptors (Lipinski definition) is 6. The summed E-state index contributed by atoms with van der Waals surface area (Å²) < 4.78 is 6.96. The van der Waals surface area contributed by atoms with Gasteiger partial charge in [0.25, 0.3) is 5.56 Å². The van der Waals surface area contributed by atoms with Crippen LogP contribution in [-0.4, -0.2) is 27.5 Å². The summed E-state index contributed by atoms with van der Waals surface area (Å²) in [5.41, 5.74) is 5.19. The van der Waals surface area contributed by atoms with Crippen molar-refractivity contribution in [2.45, 2.75) is 6.54 Å². The molecule has 0 saturated carbocycles. The maximum Gasteiger partial charge on any atom is 0.338 e. The van der Waals surface area contributed by atoms with E-state index in [2.05, 4.69) is 0 Å². The van der Waals surface area contributed by atoms with Crippen molar-refractivity contribution < 1.29 is 14.3 Å². The zero-order valence-corrected chi connectivity index (χ0v) is 15.7. The number of esters is 1. The summed E-state index contributed by atoms with van der Waals surface area (Å²) in [7, 11) is 1.26. The van der Waals surface area contributed by atoms with Crippen molar-refractivity contribution in [2.75, 3.05) is 12.3 Å². The highest BCUT2D eigenvalue weighted by Crippen LogP contribution is 2.10. The standard InChI is InChI=1S/C21H19N3O5/c1-23-19(26)17(16(25)13-29-20(27)15-10-6-3-7-11-15)18(22)24(21(23)28)12-14-8-4-2-5-9-14/h2-11H,12-13,22H2,1H3. The smallest absolute Gasteiger partial charge is 0.338 e. The number of nitrogens with two attached hydrogens (primary N) is 1. The molecule has 0 spiro atoms. The van der Waals surface area contributed by atoms with Gasteiger partial charge in [0.15, 0.2) is 6.61 Å². The fourth-order valence-electron chi connectivity index (χ4n) is 2.82. The highest BCUT2D eigenvalue weighted by molar-refractivity contribution is 6.02. The lowest BCUT2D eigenvalue weighted by Gasteiger charge is -2.14. The second kappa shape index (κ2) is 8.39. The van der Waals surface area contributed by atoms with Crippen molar-refractivity contribution in [2.24, 2.45) is 7.05 Å². The number of carbonyl (C=O) groups excluding carboxylic acids is 2. The minimum atomic E-state index is -0.836. The summed E-state index contributed by atoms with van der Waals surface area (Å²) in [4.78, 5) is 49.6. The van der Waals surface area contributed by atoms with E-state index in [1.807, 2.05) is 6.07 Å². The Balaban J connectivity index is 1.90. The molecule has 0 bridgehead atoms. The van der Waals surface area contributed by atoms with Crippen molar-refractivity contribution in [3.8, 4) is 0 Å². The molecule has 3 rings (SSSR count). The summed E-state index contributed by atoms with van der Waals surface area (Å²) in [6, 6.07) is 17.1. The fraction of sp³-hybridized carbons (Fsp3) is 0.143. The SMILES string of the molecule is Cn1c(=O)c(C(=O)COC(=O)c2ccccc2)c(N)n(Cc2ccccc2)c1=O. The first-order chi connectivity index (χ1) is 13.9. The van der Waals surface area contributed by atoms with Gasteiger partial charge >= 0.3 is 11.7 Å². The topological polar surface area (TPSA) is 113 Å². The van der Waals surface area contributed by atoms with Crippen LogP contribution in [0.4, 0.5) is 5.82 Å². The Labute approximate surface area is 165 Å². The van der Waals surface area contributed by atoms with Crippen molar-refractivity contribution in [1.29, 1.82) is 0 Å². The number of aromatic nitrogens is 2. The molecule has 29 heavy (non-hydrogen) atoms. The van der Waals surface area contributed by atoms with Gasteiger partial charge in [0.1, 0.15) is 11.4 Å². The van der Waals surface area contributed by atoms with Gasteiger partial charge in [-0.05, 0) is 17.7 Å². The number of anilines is 1. The average molecular weight is 393 g/mol. The molecular formula is C21H19N3O5. The van der Waals surface area contributed by atoms with Gasteiger partial charge < -0.3 is 10.5 Å². The van der Waals surface area contributed by atoms with Crippen LogP contribution in [0, 0.1) is 0 Å². The lowest BCUT2D eigenvalue weighted by molar-refractivity contribution is 0.0474. The molecule has 2 aromatic carbocycles. The van der Waals surface area contributed by atoms with E-state index in [1.165, 1.54) is 7.05 Å². The number of nitrogens with zero attached hydrogens (tertiary/aromatic N) is 2. The van der Waals surface area contributed by atoms with Gasteiger partial charge in [-0.25, -0.2) is 9.59 Å². The molecule has 3 aromatic rings. The maximum absolute atomic E-state index is 12.6. The van der Waals surface area contributed by atoms with Crippen LogP contribution in [0.1, 0.15) is 26.3 Å². The Morgan fingerprint density at radius 2 is 1.55 bits per heavy atom. The van der Waals surface area contributed by atoms with E-state index in [0.717, 1.165) is 14.7 Å². The zero-order valence-electron chi connectivity index (χ0n) is 15.7. The van der Waals surface area contributed by atoms with Crippen molar-refractivity contribution >= 4 is 17.6 Å². The second-order valence-corrected chi connectivity index (χ2v) is 6.34. The van der Waals surface area contributed by atoms with Crippen LogP contribution < -0.4 is 17.0 Å². The molecule has 8 heteroatoms. The van der Waals surface area contributed by atoms with E-state index in [1.54, 1.807) is 54.6 Å². The van der Waals surface area contributed by atoms with Crippen molar-refractivity contribution in [3.63, 3.8) is 0 Å². The van der Waals surface area contributed by atoms with Gasteiger partial charge in [-0.15, -0.1) is 0 Å². The first-order valence-electron chi connectivity index (χ1n) is 8.78. The van der Waals surface area contributed by atoms with E-state index >= 15 is 0 Å². The van der Waals surface area contributed by atoms with Crippen LogP contribution in [0.2, 0.25) is 0 Å². The van der Waals surface area contributed by atoms with Crippen LogP contribution in [0.15, 0.2) is 70.3 Å². The fourth-order valence-corrected chi connectivity index (χ4v) is 2.82. The molecule has 0 saturated heterocycles. The molecule has 0 fully saturated rings. The molecule has 0 amide bonds. The van der Waals surface area contributed by atoms with Crippen LogP contribution >= 0.6 is 0 Å². The number of rotatable bonds is 6. The van der Waals surface area contributed by atoms with Crippen LogP contribution in [-0.2, 0) is 18.3 Å². The van der Waals surface area contributed by atoms with E-state index < -0.39 is 29.6 Å². The Kier molecular flexibility index (Phi) is 5.73. The van der Waals surface area contributed by atoms with Crippen molar-refractivity contribution in [1.82, 2.24) is 9.13 Å². The van der Waals surface area contributed by atoms with Gasteiger partial charge in [-0.2, -0.15) is 0 Å². The van der Waals surface area contributed by atoms with Crippen LogP contribution in [0.5, 0.6) is 0 Å². The summed E-state index contributed by atoms with van der Waals surface area (Å²) in [5.74, 6) is -1.75. The number of hydrogen-bond donors (Lipinski definition) is 1. The molecule has 148 valence electrons. The van der Waals surface area contributed by atoms with E-state index in [-0.39, 0.29) is 23.5 Å². The molecule has 0 aliphatic heterocycles. The molecule has 1 aromatic heterocycles. The molecule has 1 heterocycles. The lowest BCUT2D eigenvalue weighted by atomic mass is 10.2. The van der Waals surface area contributed by atoms with Gasteiger partial charge in [0, 0.05) is 7.05 Å². The highest BCUT2D eigenvalue weighted by Gasteiger charge is 2.23. The quantitative estimate of drug-likeness (QED) is 0.498. The Morgan fingerprint density at radius 1 is 0.966 bits per heavy atom. The maximum atomic E-state index is 12.6. The van der Waals surface area contributed by atoms with Gasteiger partial charge in [0.05, 0.1) is 12.1 Å². The molecule has 2 N–H and O–H groups in total. The minimum absolute atomic E-state index is 0.0870.